The molecule has 1 heterocycles. The Balaban J connectivity index is 2.32. The van der Waals surface area contributed by atoms with E-state index in [0.717, 1.165) is 16.8 Å². The smallest absolute Gasteiger partial charge is 0.258 e. The number of aromatic nitrogens is 1. The van der Waals surface area contributed by atoms with Crippen LogP contribution in [-0.4, -0.2) is 10.9 Å². The summed E-state index contributed by atoms with van der Waals surface area (Å²) in [5.41, 5.74) is 3.46. The van der Waals surface area contributed by atoms with E-state index in [4.69, 9.17) is 5.26 Å². The maximum absolute atomic E-state index is 12.2. The number of pyridine rings is 1. The van der Waals surface area contributed by atoms with Gasteiger partial charge in [0, 0.05) is 18.1 Å². The molecule has 0 saturated heterocycles. The van der Waals surface area contributed by atoms with Crippen molar-refractivity contribution >= 4 is 11.6 Å². The molecule has 0 unspecified atom stereocenters. The van der Waals surface area contributed by atoms with E-state index in [9.17, 15) is 4.79 Å². The third-order valence-electron chi connectivity index (χ3n) is 3.04. The zero-order valence-corrected chi connectivity index (χ0v) is 10.8. The molecule has 4 heteroatoms. The largest absolute Gasteiger partial charge is 0.322 e. The predicted molar refractivity (Wildman–Crippen MR) is 72.8 cm³/mol. The Hall–Kier alpha value is -2.67. The molecule has 1 aromatic carbocycles. The second-order valence-corrected chi connectivity index (χ2v) is 4.23. The van der Waals surface area contributed by atoms with Crippen molar-refractivity contribution in [2.24, 2.45) is 0 Å². The fourth-order valence-corrected chi connectivity index (χ4v) is 1.75. The lowest BCUT2D eigenvalue weighted by molar-refractivity contribution is 0.102. The van der Waals surface area contributed by atoms with Crippen LogP contribution in [0.1, 0.15) is 27.0 Å². The zero-order chi connectivity index (χ0) is 13.8. The lowest BCUT2D eigenvalue weighted by Gasteiger charge is -2.10. The Morgan fingerprint density at radius 2 is 2.11 bits per heavy atom. The molecule has 0 aliphatic rings. The third-order valence-corrected chi connectivity index (χ3v) is 3.04. The lowest BCUT2D eigenvalue weighted by Crippen LogP contribution is -2.14. The number of nitriles is 1. The van der Waals surface area contributed by atoms with Gasteiger partial charge in [-0.1, -0.05) is 12.1 Å². The molecule has 1 amide bonds. The zero-order valence-electron chi connectivity index (χ0n) is 10.8. The first-order valence-corrected chi connectivity index (χ1v) is 5.85. The van der Waals surface area contributed by atoms with E-state index < -0.39 is 0 Å². The molecule has 1 aromatic heterocycles. The molecule has 0 fully saturated rings. The molecule has 0 saturated carbocycles. The fraction of sp³-hybridized carbons (Fsp3) is 0.133. The van der Waals surface area contributed by atoms with Crippen molar-refractivity contribution in [3.05, 3.63) is 58.9 Å². The Morgan fingerprint density at radius 3 is 2.84 bits per heavy atom. The van der Waals surface area contributed by atoms with Gasteiger partial charge in [0.05, 0.1) is 11.1 Å². The van der Waals surface area contributed by atoms with Gasteiger partial charge in [0.15, 0.2) is 0 Å². The van der Waals surface area contributed by atoms with Crippen molar-refractivity contribution in [1.29, 1.82) is 5.26 Å². The van der Waals surface area contributed by atoms with Crippen molar-refractivity contribution in [2.45, 2.75) is 13.8 Å². The topological polar surface area (TPSA) is 65.8 Å². The van der Waals surface area contributed by atoms with Crippen LogP contribution in [0.5, 0.6) is 0 Å². The number of aryl methyl sites for hydroxylation is 1. The number of carbonyl (C=O) groups is 1. The standard InChI is InChI=1S/C15H13N3O/c1-10-4-3-5-14(11(10)2)18-15(19)13-9-17-7-6-12(13)8-16/h3-7,9H,1-2H3,(H,18,19). The molecule has 4 nitrogen and oxygen atoms in total. The summed E-state index contributed by atoms with van der Waals surface area (Å²) in [6.07, 6.45) is 2.90. The van der Waals surface area contributed by atoms with Crippen molar-refractivity contribution in [1.82, 2.24) is 4.98 Å². The fourth-order valence-electron chi connectivity index (χ4n) is 1.75. The van der Waals surface area contributed by atoms with Crippen LogP contribution in [0.3, 0.4) is 0 Å². The first kappa shape index (κ1) is 12.8. The summed E-state index contributed by atoms with van der Waals surface area (Å²) in [7, 11) is 0. The molecule has 0 atom stereocenters. The molecule has 19 heavy (non-hydrogen) atoms. The van der Waals surface area contributed by atoms with Crippen molar-refractivity contribution in [2.75, 3.05) is 5.32 Å². The number of hydrogen-bond donors (Lipinski definition) is 1. The quantitative estimate of drug-likeness (QED) is 0.892. The first-order valence-electron chi connectivity index (χ1n) is 5.85. The van der Waals surface area contributed by atoms with Gasteiger partial charge in [-0.15, -0.1) is 0 Å². The number of nitrogens with one attached hydrogen (secondary N) is 1. The Bertz CT molecular complexity index is 671. The number of hydrogen-bond acceptors (Lipinski definition) is 3. The summed E-state index contributed by atoms with van der Waals surface area (Å²) in [5.74, 6) is -0.321. The van der Waals surface area contributed by atoms with Crippen molar-refractivity contribution in [3.63, 3.8) is 0 Å². The van der Waals surface area contributed by atoms with Crippen LogP contribution < -0.4 is 5.32 Å². The van der Waals surface area contributed by atoms with Gasteiger partial charge in [0.2, 0.25) is 0 Å². The summed E-state index contributed by atoms with van der Waals surface area (Å²) >= 11 is 0. The molecule has 0 aliphatic carbocycles. The molecule has 0 aliphatic heterocycles. The van der Waals surface area contributed by atoms with Crippen LogP contribution in [0.15, 0.2) is 36.7 Å². The van der Waals surface area contributed by atoms with Crippen LogP contribution in [-0.2, 0) is 0 Å². The SMILES string of the molecule is Cc1cccc(NC(=O)c2cnccc2C#N)c1C. The van der Waals surface area contributed by atoms with E-state index >= 15 is 0 Å². The molecule has 0 radical (unpaired) electrons. The lowest BCUT2D eigenvalue weighted by atomic mass is 10.1. The highest BCUT2D eigenvalue weighted by Crippen LogP contribution is 2.19. The number of anilines is 1. The molecule has 94 valence electrons. The van der Waals surface area contributed by atoms with Crippen LogP contribution in [0.4, 0.5) is 5.69 Å². The molecule has 1 N–H and O–H groups in total. The summed E-state index contributed by atoms with van der Waals surface area (Å²) < 4.78 is 0. The van der Waals surface area contributed by atoms with Crippen LogP contribution in [0.2, 0.25) is 0 Å². The number of nitrogens with zero attached hydrogens (tertiary/aromatic N) is 2. The number of carbonyl (C=O) groups excluding carboxylic acids is 1. The minimum Gasteiger partial charge on any atom is -0.322 e. The summed E-state index contributed by atoms with van der Waals surface area (Å²) in [6.45, 7) is 3.93. The first-order chi connectivity index (χ1) is 9.13. The summed E-state index contributed by atoms with van der Waals surface area (Å²) in [4.78, 5) is 16.0. The monoisotopic (exact) mass is 251 g/mol. The number of amides is 1. The minimum absolute atomic E-state index is 0.283. The van der Waals surface area contributed by atoms with Gasteiger partial charge in [0.1, 0.15) is 6.07 Å². The van der Waals surface area contributed by atoms with E-state index in [1.807, 2.05) is 38.1 Å². The van der Waals surface area contributed by atoms with Crippen LogP contribution >= 0.6 is 0 Å². The third kappa shape index (κ3) is 2.61. The van der Waals surface area contributed by atoms with E-state index in [2.05, 4.69) is 10.3 Å². The van der Waals surface area contributed by atoms with Gasteiger partial charge in [0.25, 0.3) is 5.91 Å². The summed E-state index contributed by atoms with van der Waals surface area (Å²) in [6, 6.07) is 9.21. The molecular formula is C15H13N3O. The molecule has 0 bridgehead atoms. The van der Waals surface area contributed by atoms with E-state index in [1.165, 1.54) is 18.5 Å². The highest BCUT2D eigenvalue weighted by molar-refractivity contribution is 6.06. The maximum atomic E-state index is 12.2. The van der Waals surface area contributed by atoms with Crippen LogP contribution in [0.25, 0.3) is 0 Å². The van der Waals surface area contributed by atoms with Crippen molar-refractivity contribution < 1.29 is 4.79 Å². The van der Waals surface area contributed by atoms with E-state index in [0.29, 0.717) is 5.56 Å². The van der Waals surface area contributed by atoms with E-state index in [-0.39, 0.29) is 11.5 Å². The Labute approximate surface area is 111 Å². The number of benzene rings is 1. The second-order valence-electron chi connectivity index (χ2n) is 4.23. The van der Waals surface area contributed by atoms with Gasteiger partial charge in [-0.25, -0.2) is 0 Å². The van der Waals surface area contributed by atoms with Gasteiger partial charge in [-0.05, 0) is 37.1 Å². The molecule has 2 rings (SSSR count). The minimum atomic E-state index is -0.321. The molecule has 2 aromatic rings. The normalized spacial score (nSPS) is 9.74. The van der Waals surface area contributed by atoms with Gasteiger partial charge >= 0.3 is 0 Å². The number of rotatable bonds is 2. The van der Waals surface area contributed by atoms with Gasteiger partial charge in [-0.3, -0.25) is 9.78 Å². The van der Waals surface area contributed by atoms with Gasteiger partial charge in [-0.2, -0.15) is 5.26 Å². The maximum Gasteiger partial charge on any atom is 0.258 e. The highest BCUT2D eigenvalue weighted by Gasteiger charge is 2.12. The highest BCUT2D eigenvalue weighted by atomic mass is 16.1. The molecule has 0 spiro atoms. The van der Waals surface area contributed by atoms with Crippen LogP contribution in [0, 0.1) is 25.2 Å². The predicted octanol–water partition coefficient (Wildman–Crippen LogP) is 2.82. The Morgan fingerprint density at radius 1 is 1.32 bits per heavy atom. The molecular weight excluding hydrogens is 238 g/mol. The van der Waals surface area contributed by atoms with Crippen molar-refractivity contribution in [3.8, 4) is 6.07 Å². The second kappa shape index (κ2) is 5.32. The van der Waals surface area contributed by atoms with Gasteiger partial charge < -0.3 is 5.32 Å². The van der Waals surface area contributed by atoms with E-state index in [1.54, 1.807) is 0 Å². The average molecular weight is 251 g/mol. The average Bonchev–Trinajstić information content (AvgIpc) is 2.43. The Kier molecular flexibility index (Phi) is 3.58. The summed E-state index contributed by atoms with van der Waals surface area (Å²) in [5, 5.41) is 11.8.